The van der Waals surface area contributed by atoms with Gasteiger partial charge < -0.3 is 14.4 Å². The largest absolute Gasteiger partial charge is 0.444 e. The summed E-state index contributed by atoms with van der Waals surface area (Å²) in [7, 11) is 1.05. The zero-order chi connectivity index (χ0) is 46.2. The molecule has 332 valence electrons. The smallest absolute Gasteiger partial charge is 0.437 e. The van der Waals surface area contributed by atoms with E-state index in [-0.39, 0.29) is 43.3 Å². The second kappa shape index (κ2) is 19.6. The number of amides is 4. The first-order chi connectivity index (χ1) is 28.7. The average Bonchev–Trinajstić information content (AvgIpc) is 3.13. The molecule has 4 rings (SSSR count). The van der Waals surface area contributed by atoms with Gasteiger partial charge in [0.1, 0.15) is 11.2 Å². The third-order valence-electron chi connectivity index (χ3n) is 8.88. The molecule has 0 unspecified atom stereocenters. The number of nitrogens with one attached hydrogen (secondary N) is 3. The Labute approximate surface area is 360 Å². The molecule has 0 aromatic heterocycles. The van der Waals surface area contributed by atoms with Crippen LogP contribution in [-0.4, -0.2) is 95.8 Å². The van der Waals surface area contributed by atoms with Gasteiger partial charge in [0.15, 0.2) is 0 Å². The van der Waals surface area contributed by atoms with Crippen LogP contribution >= 0.6 is 0 Å². The molecule has 2 aromatic carbocycles. The van der Waals surface area contributed by atoms with Gasteiger partial charge in [-0.2, -0.15) is 0 Å². The molecular weight excluding hydrogens is 810 g/mol. The number of alkyl carbamates (subject to hydrolysis) is 2. The number of alkyl halides is 3. The summed E-state index contributed by atoms with van der Waals surface area (Å²) in [4.78, 5) is 58.4. The minimum Gasteiger partial charge on any atom is -0.444 e. The fraction of sp³-hybridized carbons (Fsp3) is 0.465. The number of anilines is 1. The van der Waals surface area contributed by atoms with Crippen LogP contribution in [0, 0.1) is 18.4 Å². The van der Waals surface area contributed by atoms with Crippen molar-refractivity contribution in [3.05, 3.63) is 76.4 Å². The third kappa shape index (κ3) is 14.7. The molecule has 0 bridgehead atoms. The Hall–Kier alpha value is -6.32. The molecule has 0 saturated heterocycles. The summed E-state index contributed by atoms with van der Waals surface area (Å²) in [5.41, 5.74) is -0.246. The van der Waals surface area contributed by atoms with E-state index >= 15 is 0 Å². The van der Waals surface area contributed by atoms with E-state index in [1.807, 2.05) is 13.0 Å². The molecule has 0 radical (unpaired) electrons. The van der Waals surface area contributed by atoms with Crippen LogP contribution in [0.4, 0.5) is 33.2 Å². The maximum absolute atomic E-state index is 14.5. The van der Waals surface area contributed by atoms with Gasteiger partial charge in [0.25, 0.3) is 0 Å². The molecule has 2 aliphatic heterocycles. The van der Waals surface area contributed by atoms with Gasteiger partial charge >= 0.3 is 201 Å². The van der Waals surface area contributed by atoms with Gasteiger partial charge in [-0.15, -0.1) is 4.99 Å². The third-order valence-corrected chi connectivity index (χ3v) is 8.88. The van der Waals surface area contributed by atoms with E-state index in [4.69, 9.17) is 24.1 Å². The van der Waals surface area contributed by atoms with Crippen LogP contribution < -0.4 is 16.0 Å². The van der Waals surface area contributed by atoms with E-state index in [0.717, 1.165) is 36.0 Å². The molecule has 0 spiro atoms. The van der Waals surface area contributed by atoms with Crippen molar-refractivity contribution in [3.8, 4) is 6.26 Å². The Morgan fingerprint density at radius 2 is 1.35 bits per heavy atom. The van der Waals surface area contributed by atoms with Crippen molar-refractivity contribution in [2.75, 3.05) is 31.5 Å². The van der Waals surface area contributed by atoms with Crippen LogP contribution in [0.5, 0.6) is 0 Å². The topological polar surface area (TPSA) is 184 Å². The van der Waals surface area contributed by atoms with Crippen molar-refractivity contribution in [3.63, 3.8) is 0 Å². The fourth-order valence-corrected chi connectivity index (χ4v) is 6.35. The zero-order valence-electron chi connectivity index (χ0n) is 36.6. The Kier molecular flexibility index (Phi) is 15.3. The van der Waals surface area contributed by atoms with E-state index in [1.165, 1.54) is 12.3 Å². The van der Waals surface area contributed by atoms with E-state index in [9.17, 15) is 32.3 Å². The summed E-state index contributed by atoms with van der Waals surface area (Å²) < 4.78 is 64.2. The van der Waals surface area contributed by atoms with Crippen molar-refractivity contribution >= 4 is 59.8 Å². The van der Waals surface area contributed by atoms with Crippen LogP contribution in [0.2, 0.25) is 0 Å². The Bertz CT molecular complexity index is 2210. The Balaban J connectivity index is 1.49. The summed E-state index contributed by atoms with van der Waals surface area (Å²) in [6, 6.07) is 8.60. The van der Waals surface area contributed by atoms with Gasteiger partial charge in [0, 0.05) is 13.1 Å². The van der Waals surface area contributed by atoms with Gasteiger partial charge in [-0.25, -0.2) is 9.59 Å². The van der Waals surface area contributed by atoms with Gasteiger partial charge in [0.05, 0.1) is 0 Å². The zero-order valence-corrected chi connectivity index (χ0v) is 36.6. The molecule has 0 aliphatic carbocycles. The van der Waals surface area contributed by atoms with Gasteiger partial charge in [0.2, 0.25) is 5.96 Å². The Morgan fingerprint density at radius 3 is 1.89 bits per heavy atom. The van der Waals surface area contributed by atoms with Gasteiger partial charge in [-0.1, -0.05) is 12.1 Å². The molecule has 62 heavy (non-hydrogen) atoms. The molecule has 15 nitrogen and oxygen atoms in total. The number of ether oxygens (including phenoxy) is 3. The van der Waals surface area contributed by atoms with Crippen molar-refractivity contribution in [2.45, 2.75) is 105 Å². The monoisotopic (exact) mass is 863 g/mol. The maximum Gasteiger partial charge on any atom is 0.437 e. The number of benzene rings is 2. The molecular formula is C43H53BF3N7O8. The normalized spacial score (nSPS) is 15.2. The molecule has 0 saturated carbocycles. The first-order valence-electron chi connectivity index (χ1n) is 19.8. The number of carbonyl (C=O) groups is 4. The summed E-state index contributed by atoms with van der Waals surface area (Å²) in [6.07, 6.45) is -1.47. The van der Waals surface area contributed by atoms with Crippen LogP contribution in [-0.2, 0) is 25.0 Å². The summed E-state index contributed by atoms with van der Waals surface area (Å²) in [6.45, 7) is 18.1. The Morgan fingerprint density at radius 1 is 0.774 bits per heavy atom. The number of nitrogens with zero attached hydrogens (tertiary/aromatic N) is 4. The average molecular weight is 864 g/mol. The number of guanidine groups is 1. The molecule has 4 amide bonds. The number of nitriles is 1. The molecule has 19 heteroatoms. The van der Waals surface area contributed by atoms with Crippen LogP contribution in [0.15, 0.2) is 53.5 Å². The van der Waals surface area contributed by atoms with E-state index in [0.29, 0.717) is 24.2 Å². The number of halogens is 3. The maximum atomic E-state index is 14.5. The SMILES string of the molecule is Cc1cc(NC(=O)c2ccc(C3=CCN(C(=BOC#N)NC(=O)OC(C)(C)C)CC3)cc2C(F)(F)F)ccc1C1=CCN(/C(=N\C(=O)OC(C)(C)C)NC(=O)OC(C)(C)C)CC1. The first kappa shape index (κ1) is 48.4. The fourth-order valence-electron chi connectivity index (χ4n) is 6.35. The van der Waals surface area contributed by atoms with Crippen molar-refractivity contribution in [2.24, 2.45) is 4.99 Å². The van der Waals surface area contributed by atoms with Crippen molar-refractivity contribution in [1.82, 2.24) is 20.4 Å². The number of aliphatic imine (C=N–C) groups is 1. The quantitative estimate of drug-likeness (QED) is 0.0806. The van der Waals surface area contributed by atoms with Crippen LogP contribution in [0.1, 0.15) is 108 Å². The minimum absolute atomic E-state index is 0.0357. The van der Waals surface area contributed by atoms with Crippen LogP contribution in [0.25, 0.3) is 11.1 Å². The number of hydrogen-bond acceptors (Lipinski definition) is 10. The van der Waals surface area contributed by atoms with E-state index < -0.39 is 58.3 Å². The summed E-state index contributed by atoms with van der Waals surface area (Å²) >= 11 is 0. The second-order valence-electron chi connectivity index (χ2n) is 17.5. The van der Waals surface area contributed by atoms with Gasteiger partial charge in [-0.3, -0.25) is 5.32 Å². The molecule has 2 aromatic rings. The molecule has 0 fully saturated rings. The molecule has 2 heterocycles. The molecule has 2 aliphatic rings. The van der Waals surface area contributed by atoms with Crippen LogP contribution in [0.3, 0.4) is 0 Å². The minimum atomic E-state index is -4.85. The van der Waals surface area contributed by atoms with E-state index in [1.54, 1.807) is 96.4 Å². The number of carbonyl (C=O) groups excluding carboxylic acids is 4. The standard InChI is InChI=1S/C43H53BF3N7O8/c1-26-23-30(12-14-31(26)28-17-21-54(22-18-28)36(51-38(57)61-41(5,6)7)52-39(58)62-42(8,9)10)49-34(55)32-13-11-29(24-33(32)43(45,46)47)27-15-19-53(20-16-27)35(44-59-25-48)50-37(56)60-40(2,3)4/h11-15,17,23-24H,16,18-22H2,1-10H3,(H,49,55)(H,50,56)(H,51,52,57,58). The van der Waals surface area contributed by atoms with Crippen molar-refractivity contribution in [1.29, 1.82) is 5.26 Å². The molecule has 0 atom stereocenters. The number of rotatable bonds is 7. The predicted octanol–water partition coefficient (Wildman–Crippen LogP) is 7.99. The number of hydrogen-bond donors (Lipinski definition) is 3. The van der Waals surface area contributed by atoms with E-state index in [2.05, 4.69) is 20.9 Å². The summed E-state index contributed by atoms with van der Waals surface area (Å²) in [5, 5.41) is 16.6. The summed E-state index contributed by atoms with van der Waals surface area (Å²) in [5.74, 6) is -0.978. The van der Waals surface area contributed by atoms with Gasteiger partial charge in [-0.05, 0) is 83.7 Å². The molecule has 3 N–H and O–H groups in total. The first-order valence-corrected chi connectivity index (χ1v) is 19.8. The number of aryl methyl sites for hydroxylation is 1. The predicted molar refractivity (Wildman–Crippen MR) is 229 cm³/mol. The van der Waals surface area contributed by atoms with Crippen molar-refractivity contribution < 1.29 is 51.2 Å². The second-order valence-corrected chi connectivity index (χ2v) is 17.5.